The summed E-state index contributed by atoms with van der Waals surface area (Å²) in [6, 6.07) is 3.69. The maximum atomic E-state index is 8.46. The standard InChI is InChI=1S/C11H18N4O2/c1-3-17-9-5-4-7-13-11(9)15(2)8-6-10(12)14-16/h4-5,7,16H,3,6,8H2,1-2H3,(H2,12,14). The molecule has 0 saturated carbocycles. The smallest absolute Gasteiger partial charge is 0.171 e. The lowest BCUT2D eigenvalue weighted by Crippen LogP contribution is -2.25. The maximum absolute atomic E-state index is 8.46. The van der Waals surface area contributed by atoms with Crippen LogP contribution >= 0.6 is 0 Å². The molecule has 1 rings (SSSR count). The van der Waals surface area contributed by atoms with E-state index in [-0.39, 0.29) is 5.84 Å². The Bertz CT molecular complexity index is 381. The second-order valence-electron chi connectivity index (χ2n) is 3.52. The van der Waals surface area contributed by atoms with Gasteiger partial charge in [-0.05, 0) is 19.1 Å². The van der Waals surface area contributed by atoms with Gasteiger partial charge in [-0.25, -0.2) is 4.98 Å². The van der Waals surface area contributed by atoms with Gasteiger partial charge < -0.3 is 20.6 Å². The number of oxime groups is 1. The van der Waals surface area contributed by atoms with E-state index in [9.17, 15) is 0 Å². The molecule has 0 aliphatic carbocycles. The Morgan fingerprint density at radius 2 is 2.41 bits per heavy atom. The summed E-state index contributed by atoms with van der Waals surface area (Å²) in [6.07, 6.45) is 2.17. The number of anilines is 1. The average molecular weight is 238 g/mol. The van der Waals surface area contributed by atoms with Crippen LogP contribution < -0.4 is 15.4 Å². The van der Waals surface area contributed by atoms with Crippen LogP contribution in [0.1, 0.15) is 13.3 Å². The molecule has 0 aliphatic rings. The minimum Gasteiger partial charge on any atom is -0.490 e. The summed E-state index contributed by atoms with van der Waals surface area (Å²) in [6.45, 7) is 3.12. The number of hydrogen-bond acceptors (Lipinski definition) is 5. The molecular weight excluding hydrogens is 220 g/mol. The zero-order valence-electron chi connectivity index (χ0n) is 10.1. The molecule has 0 saturated heterocycles. The number of rotatable bonds is 6. The van der Waals surface area contributed by atoms with E-state index in [1.54, 1.807) is 6.20 Å². The molecule has 6 nitrogen and oxygen atoms in total. The van der Waals surface area contributed by atoms with Crippen molar-refractivity contribution in [1.29, 1.82) is 0 Å². The second kappa shape index (κ2) is 6.57. The number of ether oxygens (including phenoxy) is 1. The van der Waals surface area contributed by atoms with Gasteiger partial charge >= 0.3 is 0 Å². The van der Waals surface area contributed by atoms with Gasteiger partial charge in [0.25, 0.3) is 0 Å². The summed E-state index contributed by atoms with van der Waals surface area (Å²) in [5.41, 5.74) is 5.42. The summed E-state index contributed by atoms with van der Waals surface area (Å²) in [5.74, 6) is 1.68. The number of nitrogens with zero attached hydrogens (tertiary/aromatic N) is 3. The van der Waals surface area contributed by atoms with E-state index in [1.165, 1.54) is 0 Å². The van der Waals surface area contributed by atoms with Crippen molar-refractivity contribution in [2.24, 2.45) is 10.9 Å². The van der Waals surface area contributed by atoms with E-state index < -0.39 is 0 Å². The zero-order valence-corrected chi connectivity index (χ0v) is 10.1. The molecule has 17 heavy (non-hydrogen) atoms. The number of hydrogen-bond donors (Lipinski definition) is 2. The minimum absolute atomic E-state index is 0.200. The fourth-order valence-corrected chi connectivity index (χ4v) is 1.38. The second-order valence-corrected chi connectivity index (χ2v) is 3.52. The molecular formula is C11H18N4O2. The van der Waals surface area contributed by atoms with Crippen LogP contribution in [-0.4, -0.2) is 36.2 Å². The van der Waals surface area contributed by atoms with Crippen LogP contribution in [-0.2, 0) is 0 Å². The Balaban J connectivity index is 2.70. The van der Waals surface area contributed by atoms with Crippen molar-refractivity contribution in [2.45, 2.75) is 13.3 Å². The minimum atomic E-state index is 0.200. The molecule has 0 aromatic carbocycles. The summed E-state index contributed by atoms with van der Waals surface area (Å²) < 4.78 is 5.48. The van der Waals surface area contributed by atoms with Crippen LogP contribution in [0.4, 0.5) is 5.82 Å². The van der Waals surface area contributed by atoms with E-state index in [2.05, 4.69) is 10.1 Å². The number of pyridine rings is 1. The van der Waals surface area contributed by atoms with Gasteiger partial charge in [0.05, 0.1) is 6.61 Å². The Hall–Kier alpha value is -1.98. The predicted molar refractivity (Wildman–Crippen MR) is 66.7 cm³/mol. The molecule has 0 aliphatic heterocycles. The molecule has 0 atom stereocenters. The Morgan fingerprint density at radius 3 is 3.06 bits per heavy atom. The van der Waals surface area contributed by atoms with E-state index in [0.29, 0.717) is 19.6 Å². The van der Waals surface area contributed by atoms with Gasteiger partial charge in [-0.15, -0.1) is 0 Å². The third-order valence-electron chi connectivity index (χ3n) is 2.24. The Labute approximate surface area is 101 Å². The highest BCUT2D eigenvalue weighted by atomic mass is 16.5. The number of nitrogens with two attached hydrogens (primary N) is 1. The van der Waals surface area contributed by atoms with E-state index >= 15 is 0 Å². The Kier molecular flexibility index (Phi) is 5.06. The highest BCUT2D eigenvalue weighted by molar-refractivity contribution is 5.80. The van der Waals surface area contributed by atoms with Crippen molar-refractivity contribution in [2.75, 3.05) is 25.1 Å². The third-order valence-corrected chi connectivity index (χ3v) is 2.24. The molecule has 0 bridgehead atoms. The van der Waals surface area contributed by atoms with Crippen LogP contribution in [0, 0.1) is 0 Å². The molecule has 0 fully saturated rings. The zero-order chi connectivity index (χ0) is 12.7. The SMILES string of the molecule is CCOc1cccnc1N(C)CC/C(N)=N/O. The highest BCUT2D eigenvalue weighted by Gasteiger charge is 2.09. The molecule has 6 heteroatoms. The van der Waals surface area contributed by atoms with Gasteiger partial charge in [0.2, 0.25) is 0 Å². The quantitative estimate of drug-likeness (QED) is 0.335. The summed E-state index contributed by atoms with van der Waals surface area (Å²) in [5, 5.41) is 11.4. The van der Waals surface area contributed by atoms with Crippen LogP contribution in [0.25, 0.3) is 0 Å². The molecule has 1 aromatic rings. The first kappa shape index (κ1) is 13.1. The van der Waals surface area contributed by atoms with Crippen molar-refractivity contribution in [3.05, 3.63) is 18.3 Å². The summed E-state index contributed by atoms with van der Waals surface area (Å²) in [4.78, 5) is 6.16. The third kappa shape index (κ3) is 3.82. The van der Waals surface area contributed by atoms with Crippen molar-refractivity contribution < 1.29 is 9.94 Å². The maximum Gasteiger partial charge on any atom is 0.171 e. The molecule has 3 N–H and O–H groups in total. The molecule has 0 unspecified atom stereocenters. The Morgan fingerprint density at radius 1 is 1.65 bits per heavy atom. The van der Waals surface area contributed by atoms with Crippen molar-refractivity contribution in [1.82, 2.24) is 4.98 Å². The van der Waals surface area contributed by atoms with E-state index in [0.717, 1.165) is 11.6 Å². The number of amidine groups is 1. The molecule has 94 valence electrons. The summed E-state index contributed by atoms with van der Waals surface area (Å²) >= 11 is 0. The van der Waals surface area contributed by atoms with Gasteiger partial charge in [0, 0.05) is 26.2 Å². The lowest BCUT2D eigenvalue weighted by Gasteiger charge is -2.20. The van der Waals surface area contributed by atoms with Crippen molar-refractivity contribution in [3.63, 3.8) is 0 Å². The van der Waals surface area contributed by atoms with E-state index in [4.69, 9.17) is 15.7 Å². The average Bonchev–Trinajstić information content (AvgIpc) is 2.36. The van der Waals surface area contributed by atoms with Crippen LogP contribution in [0.2, 0.25) is 0 Å². The predicted octanol–water partition coefficient (Wildman–Crippen LogP) is 1.05. The van der Waals surface area contributed by atoms with Crippen LogP contribution in [0.5, 0.6) is 5.75 Å². The van der Waals surface area contributed by atoms with Crippen LogP contribution in [0.15, 0.2) is 23.5 Å². The molecule has 0 amide bonds. The first-order chi connectivity index (χ1) is 8.19. The monoisotopic (exact) mass is 238 g/mol. The normalized spacial score (nSPS) is 11.3. The number of aromatic nitrogens is 1. The molecule has 0 radical (unpaired) electrons. The van der Waals surface area contributed by atoms with Gasteiger partial charge in [0.1, 0.15) is 5.84 Å². The molecule has 1 heterocycles. The topological polar surface area (TPSA) is 84.0 Å². The van der Waals surface area contributed by atoms with Crippen molar-refractivity contribution in [3.8, 4) is 5.75 Å². The first-order valence-electron chi connectivity index (χ1n) is 5.44. The van der Waals surface area contributed by atoms with Gasteiger partial charge in [0.15, 0.2) is 11.6 Å². The van der Waals surface area contributed by atoms with Gasteiger partial charge in [-0.2, -0.15) is 0 Å². The van der Waals surface area contributed by atoms with Crippen LogP contribution in [0.3, 0.4) is 0 Å². The highest BCUT2D eigenvalue weighted by Crippen LogP contribution is 2.23. The molecule has 1 aromatic heterocycles. The van der Waals surface area contributed by atoms with Crippen molar-refractivity contribution >= 4 is 11.7 Å². The summed E-state index contributed by atoms with van der Waals surface area (Å²) in [7, 11) is 1.88. The molecule has 0 spiro atoms. The van der Waals surface area contributed by atoms with Gasteiger partial charge in [-0.1, -0.05) is 5.16 Å². The van der Waals surface area contributed by atoms with Gasteiger partial charge in [-0.3, -0.25) is 0 Å². The first-order valence-corrected chi connectivity index (χ1v) is 5.44. The lowest BCUT2D eigenvalue weighted by molar-refractivity contribution is 0.317. The largest absolute Gasteiger partial charge is 0.490 e. The fraction of sp³-hybridized carbons (Fsp3) is 0.455. The fourth-order valence-electron chi connectivity index (χ4n) is 1.38. The lowest BCUT2D eigenvalue weighted by atomic mass is 10.3. The van der Waals surface area contributed by atoms with E-state index in [1.807, 2.05) is 31.0 Å².